The fourth-order valence-electron chi connectivity index (χ4n) is 3.03. The number of aromatic nitrogens is 2. The van der Waals surface area contributed by atoms with Gasteiger partial charge in [-0.1, -0.05) is 30.3 Å². The molecule has 1 atom stereocenters. The Bertz CT molecular complexity index is 758. The fraction of sp³-hybridized carbons (Fsp3) is 0.474. The summed E-state index contributed by atoms with van der Waals surface area (Å²) in [6.45, 7) is 7.31. The van der Waals surface area contributed by atoms with Crippen LogP contribution in [0.25, 0.3) is 11.3 Å². The smallest absolute Gasteiger partial charge is 0.319 e. The van der Waals surface area contributed by atoms with Crippen molar-refractivity contribution in [3.8, 4) is 11.3 Å². The molecule has 0 radical (unpaired) electrons. The largest absolute Gasteiger partial charge is 0.382 e. The van der Waals surface area contributed by atoms with Crippen molar-refractivity contribution < 1.29 is 9.53 Å². The first-order chi connectivity index (χ1) is 12.4. The second-order valence-electron chi connectivity index (χ2n) is 7.53. The van der Waals surface area contributed by atoms with Crippen LogP contribution in [-0.2, 0) is 10.3 Å². The summed E-state index contributed by atoms with van der Waals surface area (Å²) < 4.78 is 7.28. The van der Waals surface area contributed by atoms with Gasteiger partial charge in [-0.25, -0.2) is 9.48 Å². The van der Waals surface area contributed by atoms with E-state index >= 15 is 0 Å². The zero-order chi connectivity index (χ0) is 18.7. The van der Waals surface area contributed by atoms with E-state index in [1.54, 1.807) is 4.68 Å². The Hall–Kier alpha value is -2.54. The van der Waals surface area contributed by atoms with Crippen molar-refractivity contribution in [1.29, 1.82) is 0 Å². The average Bonchev–Trinajstić information content (AvgIpc) is 3.22. The highest BCUT2D eigenvalue weighted by Crippen LogP contribution is 2.35. The Morgan fingerprint density at radius 3 is 2.69 bits per heavy atom. The lowest BCUT2D eigenvalue weighted by atomic mass is 10.1. The Labute approximate surface area is 153 Å². The summed E-state index contributed by atoms with van der Waals surface area (Å²) in [6, 6.07) is 9.40. The maximum atomic E-state index is 12.4. The normalized spacial score (nSPS) is 17.3. The molecule has 0 saturated carbocycles. The minimum atomic E-state index is -0.308. The predicted octanol–water partition coefficient (Wildman–Crippen LogP) is 3.19. The molecule has 1 fully saturated rings. The monoisotopic (exact) mass is 357 g/mol. The number of nitrogens with two attached hydrogens (primary N) is 1. The molecule has 1 aliphatic heterocycles. The van der Waals surface area contributed by atoms with Gasteiger partial charge in [0.2, 0.25) is 0 Å². The first-order valence-corrected chi connectivity index (χ1v) is 8.97. The van der Waals surface area contributed by atoms with Gasteiger partial charge in [0.15, 0.2) is 0 Å². The number of urea groups is 1. The highest BCUT2D eigenvalue weighted by Gasteiger charge is 2.25. The molecule has 1 saturated heterocycles. The van der Waals surface area contributed by atoms with Crippen molar-refractivity contribution in [2.75, 3.05) is 24.2 Å². The van der Waals surface area contributed by atoms with Crippen molar-refractivity contribution in [3.05, 3.63) is 30.3 Å². The summed E-state index contributed by atoms with van der Waals surface area (Å²) in [5.41, 5.74) is 8.11. The molecule has 2 amide bonds. The summed E-state index contributed by atoms with van der Waals surface area (Å²) in [6.07, 6.45) is 2.10. The highest BCUT2D eigenvalue weighted by molar-refractivity contribution is 5.97. The molecule has 7 nitrogen and oxygen atoms in total. The molecule has 140 valence electrons. The molecule has 0 aliphatic carbocycles. The third kappa shape index (κ3) is 3.99. The van der Waals surface area contributed by atoms with Crippen LogP contribution in [0.3, 0.4) is 0 Å². The number of hydrogen-bond acceptors (Lipinski definition) is 4. The average molecular weight is 357 g/mol. The molecular weight excluding hydrogens is 330 g/mol. The van der Waals surface area contributed by atoms with Crippen LogP contribution in [0.1, 0.15) is 33.6 Å². The van der Waals surface area contributed by atoms with Crippen molar-refractivity contribution >= 4 is 17.5 Å². The van der Waals surface area contributed by atoms with E-state index in [0.717, 1.165) is 25.0 Å². The number of benzene rings is 1. The molecule has 0 spiro atoms. The van der Waals surface area contributed by atoms with Gasteiger partial charge in [0, 0.05) is 18.7 Å². The topological polar surface area (TPSA) is 94.2 Å². The third-order valence-electron chi connectivity index (χ3n) is 4.36. The number of carbonyl (C=O) groups excluding carboxylic acids is 1. The molecular formula is C19H27N5O2. The molecule has 2 aromatic rings. The van der Waals surface area contributed by atoms with Gasteiger partial charge in [-0.15, -0.1) is 0 Å². The number of nitrogens with one attached hydrogen (secondary N) is 2. The molecule has 0 bridgehead atoms. The first-order valence-electron chi connectivity index (χ1n) is 8.97. The van der Waals surface area contributed by atoms with Crippen LogP contribution in [0.4, 0.5) is 16.3 Å². The van der Waals surface area contributed by atoms with Crippen LogP contribution in [0.2, 0.25) is 0 Å². The van der Waals surface area contributed by atoms with Crippen molar-refractivity contribution in [2.24, 2.45) is 0 Å². The molecule has 26 heavy (non-hydrogen) atoms. The minimum absolute atomic E-state index is 0.0870. The van der Waals surface area contributed by atoms with Gasteiger partial charge in [-0.05, 0) is 33.6 Å². The van der Waals surface area contributed by atoms with E-state index in [-0.39, 0.29) is 17.7 Å². The van der Waals surface area contributed by atoms with Gasteiger partial charge in [-0.2, -0.15) is 5.10 Å². The summed E-state index contributed by atoms with van der Waals surface area (Å²) in [5, 5.41) is 10.4. The van der Waals surface area contributed by atoms with Gasteiger partial charge < -0.3 is 21.1 Å². The second kappa shape index (κ2) is 7.37. The lowest BCUT2D eigenvalue weighted by Crippen LogP contribution is -2.35. The van der Waals surface area contributed by atoms with E-state index in [0.29, 0.717) is 23.7 Å². The van der Waals surface area contributed by atoms with E-state index in [4.69, 9.17) is 10.5 Å². The molecule has 2 heterocycles. The third-order valence-corrected chi connectivity index (χ3v) is 4.36. The molecule has 1 aromatic heterocycles. The van der Waals surface area contributed by atoms with E-state index < -0.39 is 0 Å². The van der Waals surface area contributed by atoms with Crippen molar-refractivity contribution in [1.82, 2.24) is 15.1 Å². The van der Waals surface area contributed by atoms with Crippen LogP contribution in [-0.4, -0.2) is 35.1 Å². The standard InChI is InChI=1S/C19H27N5O2/c1-19(2,3)24-17(20)16(15(23-24)13-8-5-4-6-9-13)22-18(25)21-12-14-10-7-11-26-14/h4-6,8-9,14H,7,10-12,20H2,1-3H3,(H2,21,22,25). The van der Waals surface area contributed by atoms with E-state index in [1.165, 1.54) is 0 Å². The number of anilines is 2. The maximum Gasteiger partial charge on any atom is 0.319 e. The lowest BCUT2D eigenvalue weighted by Gasteiger charge is -2.20. The summed E-state index contributed by atoms with van der Waals surface area (Å²) in [4.78, 5) is 12.4. The van der Waals surface area contributed by atoms with E-state index in [1.807, 2.05) is 51.1 Å². The van der Waals surface area contributed by atoms with Gasteiger partial charge >= 0.3 is 6.03 Å². The molecule has 1 unspecified atom stereocenters. The second-order valence-corrected chi connectivity index (χ2v) is 7.53. The van der Waals surface area contributed by atoms with Crippen LogP contribution in [0.5, 0.6) is 0 Å². The first kappa shape index (κ1) is 18.3. The number of amides is 2. The highest BCUT2D eigenvalue weighted by atomic mass is 16.5. The Kier molecular flexibility index (Phi) is 5.18. The minimum Gasteiger partial charge on any atom is -0.382 e. The molecule has 4 N–H and O–H groups in total. The number of ether oxygens (including phenoxy) is 1. The Morgan fingerprint density at radius 1 is 1.35 bits per heavy atom. The van der Waals surface area contributed by atoms with Gasteiger partial charge in [-0.3, -0.25) is 0 Å². The SMILES string of the molecule is CC(C)(C)n1nc(-c2ccccc2)c(NC(=O)NCC2CCCO2)c1N. The van der Waals surface area contributed by atoms with Gasteiger partial charge in [0.05, 0.1) is 11.6 Å². The summed E-state index contributed by atoms with van der Waals surface area (Å²) in [5.74, 6) is 0.434. The molecule has 1 aliphatic rings. The Balaban J connectivity index is 1.84. The number of nitrogens with zero attached hydrogens (tertiary/aromatic N) is 2. The maximum absolute atomic E-state index is 12.4. The number of hydrogen-bond donors (Lipinski definition) is 3. The van der Waals surface area contributed by atoms with Crippen LogP contribution < -0.4 is 16.4 Å². The van der Waals surface area contributed by atoms with Crippen molar-refractivity contribution in [2.45, 2.75) is 45.3 Å². The fourth-order valence-corrected chi connectivity index (χ4v) is 3.03. The summed E-state index contributed by atoms with van der Waals surface area (Å²) >= 11 is 0. The quantitative estimate of drug-likeness (QED) is 0.783. The van der Waals surface area contributed by atoms with E-state index in [9.17, 15) is 4.79 Å². The zero-order valence-corrected chi connectivity index (χ0v) is 15.6. The number of carbonyl (C=O) groups is 1. The lowest BCUT2D eigenvalue weighted by molar-refractivity contribution is 0.112. The number of rotatable bonds is 4. The van der Waals surface area contributed by atoms with Crippen LogP contribution >= 0.6 is 0 Å². The van der Waals surface area contributed by atoms with Gasteiger partial charge in [0.1, 0.15) is 17.2 Å². The van der Waals surface area contributed by atoms with Crippen LogP contribution in [0.15, 0.2) is 30.3 Å². The molecule has 7 heteroatoms. The van der Waals surface area contributed by atoms with Crippen molar-refractivity contribution in [3.63, 3.8) is 0 Å². The Morgan fingerprint density at radius 2 is 2.08 bits per heavy atom. The summed E-state index contributed by atoms with van der Waals surface area (Å²) in [7, 11) is 0. The molecule has 1 aromatic carbocycles. The van der Waals surface area contributed by atoms with Gasteiger partial charge in [0.25, 0.3) is 0 Å². The molecule has 3 rings (SSSR count). The zero-order valence-electron chi connectivity index (χ0n) is 15.6. The van der Waals surface area contributed by atoms with E-state index in [2.05, 4.69) is 15.7 Å². The van der Waals surface area contributed by atoms with Crippen LogP contribution in [0, 0.1) is 0 Å². The predicted molar refractivity (Wildman–Crippen MR) is 103 cm³/mol. The number of nitrogen functional groups attached to an aromatic ring is 1.